The Kier molecular flexibility index (Phi) is 3.49. The first-order valence-electron chi connectivity index (χ1n) is 5.60. The number of nitrogens with two attached hydrogens (primary N) is 2. The maximum absolute atomic E-state index is 10.8. The second kappa shape index (κ2) is 5.05. The van der Waals surface area contributed by atoms with Crippen molar-refractivity contribution < 1.29 is 14.3 Å². The standard InChI is InChI=1S/C12H16N2O3/c13-9(7-12(14)15)8-2-3-10-11(6-8)17-5-1-4-16-10/h2-3,6,9H,1,4-5,7,13H2,(H2,14,15)/t9-/m0/s1. The Morgan fingerprint density at radius 3 is 2.71 bits per heavy atom. The van der Waals surface area contributed by atoms with Crippen molar-refractivity contribution in [1.82, 2.24) is 0 Å². The van der Waals surface area contributed by atoms with E-state index in [0.717, 1.165) is 17.7 Å². The van der Waals surface area contributed by atoms with Gasteiger partial charge in [-0.2, -0.15) is 0 Å². The fourth-order valence-electron chi connectivity index (χ4n) is 1.75. The van der Waals surface area contributed by atoms with Gasteiger partial charge in [-0.1, -0.05) is 6.07 Å². The van der Waals surface area contributed by atoms with E-state index in [0.29, 0.717) is 19.0 Å². The Balaban J connectivity index is 2.20. The minimum absolute atomic E-state index is 0.125. The molecule has 1 aromatic rings. The molecule has 1 atom stereocenters. The molecular formula is C12H16N2O3. The Morgan fingerprint density at radius 1 is 1.29 bits per heavy atom. The van der Waals surface area contributed by atoms with Crippen molar-refractivity contribution in [1.29, 1.82) is 0 Å². The zero-order valence-corrected chi connectivity index (χ0v) is 9.52. The summed E-state index contributed by atoms with van der Waals surface area (Å²) >= 11 is 0. The van der Waals surface area contributed by atoms with E-state index in [1.165, 1.54) is 0 Å². The van der Waals surface area contributed by atoms with Gasteiger partial charge in [0.2, 0.25) is 5.91 Å². The molecule has 0 saturated carbocycles. The predicted molar refractivity (Wildman–Crippen MR) is 62.8 cm³/mol. The molecule has 0 aromatic heterocycles. The largest absolute Gasteiger partial charge is 0.490 e. The molecule has 0 spiro atoms. The van der Waals surface area contributed by atoms with Crippen LogP contribution in [0.4, 0.5) is 0 Å². The third kappa shape index (κ3) is 2.88. The van der Waals surface area contributed by atoms with Crippen molar-refractivity contribution in [2.45, 2.75) is 18.9 Å². The fraction of sp³-hybridized carbons (Fsp3) is 0.417. The molecule has 1 heterocycles. The van der Waals surface area contributed by atoms with Gasteiger partial charge in [-0.25, -0.2) is 0 Å². The molecule has 1 amide bonds. The van der Waals surface area contributed by atoms with Crippen LogP contribution in [0.3, 0.4) is 0 Å². The number of amides is 1. The highest BCUT2D eigenvalue weighted by Crippen LogP contribution is 2.32. The van der Waals surface area contributed by atoms with Crippen molar-refractivity contribution in [3.05, 3.63) is 23.8 Å². The van der Waals surface area contributed by atoms with E-state index in [2.05, 4.69) is 0 Å². The molecule has 1 aromatic carbocycles. The van der Waals surface area contributed by atoms with E-state index < -0.39 is 11.9 Å². The average Bonchev–Trinajstić information content (AvgIpc) is 2.51. The molecule has 1 aliphatic heterocycles. The second-order valence-electron chi connectivity index (χ2n) is 4.03. The first-order chi connectivity index (χ1) is 8.16. The molecule has 5 nitrogen and oxygen atoms in total. The first kappa shape index (κ1) is 11.7. The van der Waals surface area contributed by atoms with E-state index in [-0.39, 0.29) is 6.42 Å². The van der Waals surface area contributed by atoms with Crippen molar-refractivity contribution in [2.75, 3.05) is 13.2 Å². The Morgan fingerprint density at radius 2 is 2.00 bits per heavy atom. The summed E-state index contributed by atoms with van der Waals surface area (Å²) in [6, 6.07) is 5.07. The number of rotatable bonds is 3. The lowest BCUT2D eigenvalue weighted by Gasteiger charge is -2.13. The maximum Gasteiger partial charge on any atom is 0.219 e. The molecule has 0 radical (unpaired) electrons. The molecule has 0 aliphatic carbocycles. The van der Waals surface area contributed by atoms with E-state index in [1.54, 1.807) is 0 Å². The lowest BCUT2D eigenvalue weighted by atomic mass is 10.0. The monoisotopic (exact) mass is 236 g/mol. The highest BCUT2D eigenvalue weighted by molar-refractivity contribution is 5.74. The van der Waals surface area contributed by atoms with E-state index >= 15 is 0 Å². The summed E-state index contributed by atoms with van der Waals surface area (Å²) in [6.07, 6.45) is 0.983. The number of hydrogen-bond acceptors (Lipinski definition) is 4. The van der Waals surface area contributed by atoms with Crippen LogP contribution in [0.25, 0.3) is 0 Å². The van der Waals surface area contributed by atoms with Gasteiger partial charge in [-0.15, -0.1) is 0 Å². The van der Waals surface area contributed by atoms with Gasteiger partial charge in [-0.3, -0.25) is 4.79 Å². The Hall–Kier alpha value is -1.75. The van der Waals surface area contributed by atoms with E-state index in [4.69, 9.17) is 20.9 Å². The van der Waals surface area contributed by atoms with Crippen LogP contribution in [-0.4, -0.2) is 19.1 Å². The quantitative estimate of drug-likeness (QED) is 0.809. The van der Waals surface area contributed by atoms with Crippen molar-refractivity contribution in [3.8, 4) is 11.5 Å². The molecule has 17 heavy (non-hydrogen) atoms. The fourth-order valence-corrected chi connectivity index (χ4v) is 1.75. The van der Waals surface area contributed by atoms with Crippen LogP contribution in [-0.2, 0) is 4.79 Å². The Labute approximate surface area is 99.7 Å². The second-order valence-corrected chi connectivity index (χ2v) is 4.03. The lowest BCUT2D eigenvalue weighted by Crippen LogP contribution is -2.20. The van der Waals surface area contributed by atoms with Gasteiger partial charge in [0.15, 0.2) is 11.5 Å². The van der Waals surface area contributed by atoms with Crippen LogP contribution in [0.1, 0.15) is 24.4 Å². The third-order valence-corrected chi connectivity index (χ3v) is 2.62. The van der Waals surface area contributed by atoms with Crippen molar-refractivity contribution >= 4 is 5.91 Å². The number of hydrogen-bond donors (Lipinski definition) is 2. The molecule has 2 rings (SSSR count). The zero-order chi connectivity index (χ0) is 12.3. The molecule has 5 heteroatoms. The average molecular weight is 236 g/mol. The topological polar surface area (TPSA) is 87.6 Å². The molecule has 0 fully saturated rings. The molecule has 0 saturated heterocycles. The number of carbonyl (C=O) groups is 1. The van der Waals surface area contributed by atoms with Crippen LogP contribution in [0.15, 0.2) is 18.2 Å². The highest BCUT2D eigenvalue weighted by Gasteiger charge is 2.15. The summed E-state index contributed by atoms with van der Waals surface area (Å²) < 4.78 is 11.1. The number of primary amides is 1. The van der Waals surface area contributed by atoms with Gasteiger partial charge in [0.25, 0.3) is 0 Å². The smallest absolute Gasteiger partial charge is 0.219 e. The molecular weight excluding hydrogens is 220 g/mol. The van der Waals surface area contributed by atoms with Gasteiger partial charge in [-0.05, 0) is 17.7 Å². The zero-order valence-electron chi connectivity index (χ0n) is 9.52. The minimum Gasteiger partial charge on any atom is -0.490 e. The summed E-state index contributed by atoms with van der Waals surface area (Å²) in [5.41, 5.74) is 11.8. The van der Waals surface area contributed by atoms with Gasteiger partial charge < -0.3 is 20.9 Å². The van der Waals surface area contributed by atoms with Gasteiger partial charge in [0.1, 0.15) is 0 Å². The van der Waals surface area contributed by atoms with Crippen LogP contribution in [0, 0.1) is 0 Å². The minimum atomic E-state index is -0.412. The normalized spacial score (nSPS) is 16.1. The van der Waals surface area contributed by atoms with Crippen molar-refractivity contribution in [2.24, 2.45) is 11.5 Å². The summed E-state index contributed by atoms with van der Waals surface area (Å²) in [6.45, 7) is 1.28. The predicted octanol–water partition coefficient (Wildman–Crippen LogP) is 0.723. The Bertz CT molecular complexity index is 420. The molecule has 4 N–H and O–H groups in total. The maximum atomic E-state index is 10.8. The van der Waals surface area contributed by atoms with E-state index in [9.17, 15) is 4.79 Å². The SMILES string of the molecule is NC(=O)C[C@H](N)c1ccc2c(c1)OCCCO2. The molecule has 0 bridgehead atoms. The van der Waals surface area contributed by atoms with E-state index in [1.807, 2.05) is 18.2 Å². The van der Waals surface area contributed by atoms with Crippen LogP contribution in [0.5, 0.6) is 11.5 Å². The van der Waals surface area contributed by atoms with Gasteiger partial charge in [0, 0.05) is 18.9 Å². The lowest BCUT2D eigenvalue weighted by molar-refractivity contribution is -0.118. The summed E-state index contributed by atoms with van der Waals surface area (Å²) in [5, 5.41) is 0. The first-order valence-corrected chi connectivity index (χ1v) is 5.60. The highest BCUT2D eigenvalue weighted by atomic mass is 16.5. The van der Waals surface area contributed by atoms with Gasteiger partial charge >= 0.3 is 0 Å². The summed E-state index contributed by atoms with van der Waals surface area (Å²) in [7, 11) is 0. The van der Waals surface area contributed by atoms with Crippen molar-refractivity contribution in [3.63, 3.8) is 0 Å². The number of ether oxygens (including phenoxy) is 2. The molecule has 92 valence electrons. The molecule has 1 aliphatic rings. The van der Waals surface area contributed by atoms with Gasteiger partial charge in [0.05, 0.1) is 13.2 Å². The summed E-state index contributed by atoms with van der Waals surface area (Å²) in [4.78, 5) is 10.8. The summed E-state index contributed by atoms with van der Waals surface area (Å²) in [5.74, 6) is 0.988. The number of benzene rings is 1. The van der Waals surface area contributed by atoms with Crippen LogP contribution < -0.4 is 20.9 Å². The molecule has 0 unspecified atom stereocenters. The van der Waals surface area contributed by atoms with Crippen LogP contribution >= 0.6 is 0 Å². The number of fused-ring (bicyclic) bond motifs is 1. The third-order valence-electron chi connectivity index (χ3n) is 2.62. The number of carbonyl (C=O) groups excluding carboxylic acids is 1. The van der Waals surface area contributed by atoms with Crippen LogP contribution in [0.2, 0.25) is 0 Å².